The molecule has 1 aromatic heterocycles. The monoisotopic (exact) mass is 491 g/mol. The minimum absolute atomic E-state index is 0.0662. The van der Waals surface area contributed by atoms with Gasteiger partial charge in [0.25, 0.3) is 5.91 Å². The Labute approximate surface area is 209 Å². The smallest absolute Gasteiger partial charge is 0.257 e. The lowest BCUT2D eigenvalue weighted by Crippen LogP contribution is -2.57. The first-order valence-corrected chi connectivity index (χ1v) is 13.0. The van der Waals surface area contributed by atoms with Crippen LogP contribution in [0.2, 0.25) is 0 Å². The zero-order chi connectivity index (χ0) is 24.5. The van der Waals surface area contributed by atoms with E-state index < -0.39 is 5.82 Å². The molecule has 2 amide bonds. The van der Waals surface area contributed by atoms with Crippen LogP contribution in [-0.4, -0.2) is 65.3 Å². The summed E-state index contributed by atoms with van der Waals surface area (Å²) in [4.78, 5) is 33.6. The number of hydrogen-bond donors (Lipinski definition) is 0. The maximum absolute atomic E-state index is 14.2. The van der Waals surface area contributed by atoms with E-state index in [1.54, 1.807) is 28.4 Å². The van der Waals surface area contributed by atoms with Gasteiger partial charge in [0.1, 0.15) is 5.82 Å². The van der Waals surface area contributed by atoms with Crippen LogP contribution in [0.1, 0.15) is 44.9 Å². The number of thiophene rings is 1. The first-order valence-electron chi connectivity index (χ1n) is 12.1. The van der Waals surface area contributed by atoms with Crippen molar-refractivity contribution >= 4 is 23.2 Å². The van der Waals surface area contributed by atoms with Gasteiger partial charge >= 0.3 is 0 Å². The first kappa shape index (κ1) is 23.7. The molecule has 2 aliphatic rings. The molecule has 0 spiro atoms. The Morgan fingerprint density at radius 3 is 2.54 bits per heavy atom. The minimum Gasteiger partial charge on any atom is -0.338 e. The summed E-state index contributed by atoms with van der Waals surface area (Å²) in [6, 6.07) is 16.6. The van der Waals surface area contributed by atoms with Crippen molar-refractivity contribution in [3.8, 4) is 0 Å². The average Bonchev–Trinajstić information content (AvgIpc) is 3.33. The third kappa shape index (κ3) is 4.62. The van der Waals surface area contributed by atoms with Crippen LogP contribution in [0.25, 0.3) is 0 Å². The summed E-state index contributed by atoms with van der Waals surface area (Å²) in [6.45, 7) is 6.52. The van der Waals surface area contributed by atoms with Crippen molar-refractivity contribution in [2.75, 3.05) is 32.7 Å². The minimum atomic E-state index is -0.511. The summed E-state index contributed by atoms with van der Waals surface area (Å²) < 4.78 is 14.2. The fourth-order valence-electron chi connectivity index (χ4n) is 5.35. The predicted octanol–water partition coefficient (Wildman–Crippen LogP) is 4.52. The molecule has 0 bridgehead atoms. The molecule has 7 heteroatoms. The van der Waals surface area contributed by atoms with Crippen LogP contribution < -0.4 is 0 Å². The molecule has 3 aromatic rings. The van der Waals surface area contributed by atoms with Crippen molar-refractivity contribution in [2.45, 2.75) is 32.4 Å². The number of aryl methyl sites for hydroxylation is 1. The Kier molecular flexibility index (Phi) is 6.71. The van der Waals surface area contributed by atoms with E-state index in [9.17, 15) is 14.0 Å². The molecule has 5 rings (SSSR count). The first-order chi connectivity index (χ1) is 16.9. The lowest BCUT2D eigenvalue weighted by Gasteiger charge is -2.42. The molecule has 182 valence electrons. The van der Waals surface area contributed by atoms with Crippen LogP contribution in [0.4, 0.5) is 4.39 Å². The van der Waals surface area contributed by atoms with Gasteiger partial charge in [-0.25, -0.2) is 4.39 Å². The zero-order valence-electron chi connectivity index (χ0n) is 20.1. The topological polar surface area (TPSA) is 43.9 Å². The van der Waals surface area contributed by atoms with E-state index in [-0.39, 0.29) is 29.5 Å². The van der Waals surface area contributed by atoms with Crippen molar-refractivity contribution in [2.24, 2.45) is 0 Å². The van der Waals surface area contributed by atoms with Gasteiger partial charge in [0.05, 0.1) is 18.2 Å². The van der Waals surface area contributed by atoms with Gasteiger partial charge in [0, 0.05) is 37.1 Å². The third-order valence-electron chi connectivity index (χ3n) is 7.23. The molecule has 2 aromatic carbocycles. The summed E-state index contributed by atoms with van der Waals surface area (Å²) in [5.74, 6) is -0.751. The van der Waals surface area contributed by atoms with E-state index in [1.165, 1.54) is 33.7 Å². The van der Waals surface area contributed by atoms with Gasteiger partial charge in [0.2, 0.25) is 5.91 Å². The van der Waals surface area contributed by atoms with Gasteiger partial charge < -0.3 is 9.80 Å². The molecule has 2 atom stereocenters. The molecular weight excluding hydrogens is 461 g/mol. The molecule has 1 saturated heterocycles. The van der Waals surface area contributed by atoms with E-state index in [2.05, 4.69) is 47.5 Å². The molecule has 3 heterocycles. The van der Waals surface area contributed by atoms with Crippen LogP contribution in [0, 0.1) is 12.7 Å². The van der Waals surface area contributed by atoms with Crippen molar-refractivity contribution in [3.05, 3.63) is 92.9 Å². The van der Waals surface area contributed by atoms with Gasteiger partial charge in [-0.3, -0.25) is 14.5 Å². The van der Waals surface area contributed by atoms with Gasteiger partial charge in [-0.2, -0.15) is 0 Å². The Morgan fingerprint density at radius 1 is 1.00 bits per heavy atom. The fraction of sp³-hybridized carbons (Fsp3) is 0.357. The third-order valence-corrected chi connectivity index (χ3v) is 8.23. The second-order valence-corrected chi connectivity index (χ2v) is 10.4. The molecule has 2 aliphatic heterocycles. The summed E-state index contributed by atoms with van der Waals surface area (Å²) in [5, 5.41) is 2.15. The second-order valence-electron chi connectivity index (χ2n) is 9.45. The number of piperazine rings is 1. The molecule has 0 saturated carbocycles. The number of benzene rings is 2. The predicted molar refractivity (Wildman–Crippen MR) is 136 cm³/mol. The Morgan fingerprint density at radius 2 is 1.77 bits per heavy atom. The number of hydrogen-bond acceptors (Lipinski definition) is 4. The highest BCUT2D eigenvalue weighted by molar-refractivity contribution is 7.10. The molecule has 5 nitrogen and oxygen atoms in total. The van der Waals surface area contributed by atoms with E-state index in [0.29, 0.717) is 26.2 Å². The normalized spacial score (nSPS) is 20.5. The zero-order valence-corrected chi connectivity index (χ0v) is 20.9. The standard InChI is InChI=1S/C28H30FN3O2S/c1-19-7-3-4-8-21(19)27-23-12-16-35-25(23)11-13-31(27)18-26(33)30-14-15-32(20(2)17-30)28(34)22-9-5-6-10-24(22)29/h3-10,12,16,20,27H,11,13-15,17-18H2,1-2H3/t20-,27-/m1/s1. The van der Waals surface area contributed by atoms with Crippen molar-refractivity contribution in [1.29, 1.82) is 0 Å². The maximum Gasteiger partial charge on any atom is 0.257 e. The summed E-state index contributed by atoms with van der Waals surface area (Å²) in [6.07, 6.45) is 0.948. The van der Waals surface area contributed by atoms with Gasteiger partial charge in [-0.05, 0) is 60.5 Å². The van der Waals surface area contributed by atoms with Crippen LogP contribution >= 0.6 is 11.3 Å². The van der Waals surface area contributed by atoms with Gasteiger partial charge in [0.15, 0.2) is 0 Å². The van der Waals surface area contributed by atoms with Crippen molar-refractivity contribution in [1.82, 2.24) is 14.7 Å². The van der Waals surface area contributed by atoms with Crippen LogP contribution in [0.15, 0.2) is 60.0 Å². The molecule has 0 radical (unpaired) electrons. The molecule has 0 N–H and O–H groups in total. The van der Waals surface area contributed by atoms with Gasteiger partial charge in [-0.1, -0.05) is 36.4 Å². The number of rotatable bonds is 4. The Hall–Kier alpha value is -3.03. The number of amides is 2. The molecule has 0 aliphatic carbocycles. The molecule has 0 unspecified atom stereocenters. The highest BCUT2D eigenvalue weighted by Gasteiger charge is 2.35. The summed E-state index contributed by atoms with van der Waals surface area (Å²) >= 11 is 1.79. The lowest BCUT2D eigenvalue weighted by molar-refractivity contribution is -0.135. The van der Waals surface area contributed by atoms with Crippen molar-refractivity contribution < 1.29 is 14.0 Å². The number of halogens is 1. The second kappa shape index (κ2) is 9.91. The van der Waals surface area contributed by atoms with Crippen molar-refractivity contribution in [3.63, 3.8) is 0 Å². The molecular formula is C28H30FN3O2S. The Balaban J connectivity index is 1.30. The van der Waals surface area contributed by atoms with E-state index in [4.69, 9.17) is 0 Å². The number of carbonyl (C=O) groups is 2. The molecule has 1 fully saturated rings. The van der Waals surface area contributed by atoms with E-state index in [0.717, 1.165) is 13.0 Å². The highest BCUT2D eigenvalue weighted by atomic mass is 32.1. The summed E-state index contributed by atoms with van der Waals surface area (Å²) in [5.41, 5.74) is 3.85. The van der Waals surface area contributed by atoms with Crippen LogP contribution in [0.5, 0.6) is 0 Å². The van der Waals surface area contributed by atoms with E-state index in [1.807, 2.05) is 11.8 Å². The van der Waals surface area contributed by atoms with Crippen LogP contribution in [0.3, 0.4) is 0 Å². The SMILES string of the molecule is Cc1ccccc1[C@@H]1c2ccsc2CCN1CC(=O)N1CCN(C(=O)c2ccccc2F)[C@H](C)C1. The average molecular weight is 492 g/mol. The maximum atomic E-state index is 14.2. The van der Waals surface area contributed by atoms with Crippen LogP contribution in [-0.2, 0) is 11.2 Å². The summed E-state index contributed by atoms with van der Waals surface area (Å²) in [7, 11) is 0. The lowest BCUT2D eigenvalue weighted by atomic mass is 9.90. The number of carbonyl (C=O) groups excluding carboxylic acids is 2. The Bertz CT molecular complexity index is 1240. The fourth-order valence-corrected chi connectivity index (χ4v) is 6.25. The largest absolute Gasteiger partial charge is 0.338 e. The quantitative estimate of drug-likeness (QED) is 0.539. The highest BCUT2D eigenvalue weighted by Crippen LogP contribution is 2.38. The van der Waals surface area contributed by atoms with Gasteiger partial charge in [-0.15, -0.1) is 11.3 Å². The van der Waals surface area contributed by atoms with E-state index >= 15 is 0 Å². The number of fused-ring (bicyclic) bond motifs is 1. The number of nitrogens with zero attached hydrogens (tertiary/aromatic N) is 3. The molecule has 35 heavy (non-hydrogen) atoms.